The Bertz CT molecular complexity index is 68.6. The van der Waals surface area contributed by atoms with Crippen LogP contribution in [0.15, 0.2) is 0 Å². The molecule has 2 N–H and O–H groups in total. The van der Waals surface area contributed by atoms with E-state index in [-0.39, 0.29) is 0 Å². The molecule has 0 saturated carbocycles. The molecule has 0 fully saturated rings. The van der Waals surface area contributed by atoms with E-state index in [0.29, 0.717) is 0 Å². The molecule has 0 radical (unpaired) electrons. The Morgan fingerprint density at radius 2 is 2.10 bits per heavy atom. The Kier molecular flexibility index (Phi) is 7.35. The van der Waals surface area contributed by atoms with Gasteiger partial charge in [0, 0.05) is 0 Å². The molecule has 1 unspecified atom stereocenters. The van der Waals surface area contributed by atoms with Crippen LogP contribution in [0, 0.1) is 0 Å². The molecule has 0 aliphatic heterocycles. The number of rotatable bonds is 6. The predicted octanol–water partition coefficient (Wildman–Crippen LogP) is 0.722. The lowest BCUT2D eigenvalue weighted by atomic mass is 10.4. The molecule has 2 nitrogen and oxygen atoms in total. The monoisotopic (exact) mass is 161 g/mol. The van der Waals surface area contributed by atoms with Gasteiger partial charge in [-0.3, -0.25) is 0 Å². The van der Waals surface area contributed by atoms with E-state index < -0.39 is 9.04 Å². The fraction of sp³-hybridized carbons (Fsp3) is 1.00. The predicted molar refractivity (Wildman–Crippen MR) is 47.8 cm³/mol. The summed E-state index contributed by atoms with van der Waals surface area (Å²) in [4.78, 5) is 9.02. The van der Waals surface area contributed by atoms with Crippen LogP contribution in [-0.2, 0) is 0 Å². The highest BCUT2D eigenvalue weighted by Crippen LogP contribution is 1.91. The molecule has 1 atom stereocenters. The second-order valence-corrected chi connectivity index (χ2v) is 5.02. The average molecular weight is 161 g/mol. The first-order chi connectivity index (χ1) is 4.77. The van der Waals surface area contributed by atoms with E-state index in [1.165, 1.54) is 6.42 Å². The Morgan fingerprint density at radius 3 is 2.60 bits per heavy atom. The van der Waals surface area contributed by atoms with Crippen LogP contribution in [0.1, 0.15) is 19.8 Å². The molecule has 0 aromatic heterocycles. The molecular formula is C7H19NOSi. The largest absolute Gasteiger partial charge is 0.435 e. The van der Waals surface area contributed by atoms with Gasteiger partial charge in [0.15, 0.2) is 9.04 Å². The van der Waals surface area contributed by atoms with Gasteiger partial charge >= 0.3 is 0 Å². The summed E-state index contributed by atoms with van der Waals surface area (Å²) >= 11 is 0. The smallest absolute Gasteiger partial charge is 0.169 e. The first kappa shape index (κ1) is 10.1. The van der Waals surface area contributed by atoms with Crippen molar-refractivity contribution in [1.82, 2.24) is 5.32 Å². The quantitative estimate of drug-likeness (QED) is 0.444. The summed E-state index contributed by atoms with van der Waals surface area (Å²) < 4.78 is 0. The molecule has 0 rings (SSSR count). The lowest BCUT2D eigenvalue weighted by molar-refractivity contribution is 0.566. The van der Waals surface area contributed by atoms with Crippen LogP contribution in [0.25, 0.3) is 0 Å². The van der Waals surface area contributed by atoms with Crippen molar-refractivity contribution in [3.05, 3.63) is 0 Å². The average Bonchev–Trinajstić information content (AvgIpc) is 1.87. The van der Waals surface area contributed by atoms with Crippen molar-refractivity contribution in [2.24, 2.45) is 0 Å². The zero-order valence-electron chi connectivity index (χ0n) is 7.06. The van der Waals surface area contributed by atoms with Crippen molar-refractivity contribution in [3.63, 3.8) is 0 Å². The highest BCUT2D eigenvalue weighted by atomic mass is 28.3. The molecule has 0 amide bonds. The Hall–Kier alpha value is 0.137. The lowest BCUT2D eigenvalue weighted by Gasteiger charge is -2.02. The zero-order valence-corrected chi connectivity index (χ0v) is 8.21. The van der Waals surface area contributed by atoms with E-state index in [9.17, 15) is 0 Å². The summed E-state index contributed by atoms with van der Waals surface area (Å²) in [5.74, 6) is 0. The highest BCUT2D eigenvalue weighted by Gasteiger charge is 1.95. The Balaban J connectivity index is 2.77. The fourth-order valence-corrected chi connectivity index (χ4v) is 1.62. The van der Waals surface area contributed by atoms with Gasteiger partial charge in [-0.2, -0.15) is 0 Å². The van der Waals surface area contributed by atoms with Gasteiger partial charge in [-0.15, -0.1) is 0 Å². The van der Waals surface area contributed by atoms with Crippen LogP contribution in [-0.4, -0.2) is 26.9 Å². The molecule has 0 bridgehead atoms. The Morgan fingerprint density at radius 1 is 1.40 bits per heavy atom. The number of hydrogen-bond acceptors (Lipinski definition) is 2. The molecule has 3 heteroatoms. The van der Waals surface area contributed by atoms with Crippen LogP contribution in [0.2, 0.25) is 12.6 Å². The molecule has 0 spiro atoms. The lowest BCUT2D eigenvalue weighted by Crippen LogP contribution is -2.17. The van der Waals surface area contributed by atoms with Crippen LogP contribution in [0.4, 0.5) is 0 Å². The summed E-state index contributed by atoms with van der Waals surface area (Å²) in [6.45, 7) is 6.32. The molecule has 10 heavy (non-hydrogen) atoms. The molecule has 0 aliphatic rings. The van der Waals surface area contributed by atoms with Gasteiger partial charge in [0.2, 0.25) is 0 Å². The van der Waals surface area contributed by atoms with E-state index in [0.717, 1.165) is 25.6 Å². The second kappa shape index (κ2) is 7.25. The van der Waals surface area contributed by atoms with Crippen molar-refractivity contribution in [2.45, 2.75) is 32.4 Å². The standard InChI is InChI=1S/C7H19NOSi/c1-3-5-8-6-4-7-10(2)9/h8-10H,3-7H2,1-2H3. The summed E-state index contributed by atoms with van der Waals surface area (Å²) in [6.07, 6.45) is 2.34. The maximum absolute atomic E-state index is 9.02. The first-order valence-corrected chi connectivity index (χ1v) is 6.65. The van der Waals surface area contributed by atoms with Crippen molar-refractivity contribution < 1.29 is 4.80 Å². The summed E-state index contributed by atoms with van der Waals surface area (Å²) in [5.41, 5.74) is 0. The summed E-state index contributed by atoms with van der Waals surface area (Å²) in [5, 5.41) is 3.30. The van der Waals surface area contributed by atoms with Crippen molar-refractivity contribution >= 4 is 9.04 Å². The van der Waals surface area contributed by atoms with Gasteiger partial charge in [0.25, 0.3) is 0 Å². The van der Waals surface area contributed by atoms with Gasteiger partial charge in [0.05, 0.1) is 0 Å². The van der Waals surface area contributed by atoms with Gasteiger partial charge in [0.1, 0.15) is 0 Å². The third kappa shape index (κ3) is 8.14. The molecule has 0 heterocycles. The van der Waals surface area contributed by atoms with Crippen molar-refractivity contribution in [2.75, 3.05) is 13.1 Å². The van der Waals surface area contributed by atoms with Gasteiger partial charge in [-0.25, -0.2) is 0 Å². The SMILES string of the molecule is CCCNCCC[SiH](C)O. The van der Waals surface area contributed by atoms with E-state index in [1.807, 2.05) is 6.55 Å². The molecule has 0 saturated heterocycles. The topological polar surface area (TPSA) is 32.3 Å². The third-order valence-electron chi connectivity index (χ3n) is 1.40. The van der Waals surface area contributed by atoms with Crippen LogP contribution >= 0.6 is 0 Å². The van der Waals surface area contributed by atoms with Crippen LogP contribution < -0.4 is 5.32 Å². The number of nitrogens with one attached hydrogen (secondary N) is 1. The molecule has 0 aromatic carbocycles. The minimum Gasteiger partial charge on any atom is -0.435 e. The fourth-order valence-electron chi connectivity index (χ4n) is 0.824. The molecule has 62 valence electrons. The summed E-state index contributed by atoms with van der Waals surface area (Å²) in [6, 6.07) is 1.05. The van der Waals surface area contributed by atoms with Crippen LogP contribution in [0.3, 0.4) is 0 Å². The van der Waals surface area contributed by atoms with E-state index in [4.69, 9.17) is 4.80 Å². The van der Waals surface area contributed by atoms with Gasteiger partial charge < -0.3 is 10.1 Å². The minimum absolute atomic E-state index is 1.05. The Labute approximate surface area is 65.4 Å². The molecular weight excluding hydrogens is 142 g/mol. The van der Waals surface area contributed by atoms with Gasteiger partial charge in [-0.1, -0.05) is 6.92 Å². The zero-order chi connectivity index (χ0) is 7.82. The maximum Gasteiger partial charge on any atom is 0.169 e. The minimum atomic E-state index is -1.26. The van der Waals surface area contributed by atoms with Crippen molar-refractivity contribution in [3.8, 4) is 0 Å². The van der Waals surface area contributed by atoms with E-state index in [1.54, 1.807) is 0 Å². The van der Waals surface area contributed by atoms with Crippen molar-refractivity contribution in [1.29, 1.82) is 0 Å². The highest BCUT2D eigenvalue weighted by molar-refractivity contribution is 6.48. The number of hydrogen-bond donors (Lipinski definition) is 2. The van der Waals surface area contributed by atoms with Crippen LogP contribution in [0.5, 0.6) is 0 Å². The second-order valence-electron chi connectivity index (χ2n) is 2.74. The molecule has 0 aliphatic carbocycles. The molecule has 0 aromatic rings. The summed E-state index contributed by atoms with van der Waals surface area (Å²) in [7, 11) is -1.26. The third-order valence-corrected chi connectivity index (χ3v) is 2.65. The normalized spacial score (nSPS) is 13.5. The van der Waals surface area contributed by atoms with E-state index in [2.05, 4.69) is 12.2 Å². The maximum atomic E-state index is 9.02. The first-order valence-electron chi connectivity index (χ1n) is 4.16. The van der Waals surface area contributed by atoms with Gasteiger partial charge in [-0.05, 0) is 38.5 Å². The van der Waals surface area contributed by atoms with E-state index >= 15 is 0 Å².